The van der Waals surface area contributed by atoms with E-state index in [0.717, 1.165) is 16.6 Å². The second kappa shape index (κ2) is 5.44. The number of carbonyl (C=O) groups excluding carboxylic acids is 1. The molecule has 0 spiro atoms. The minimum atomic E-state index is -0.0928. The van der Waals surface area contributed by atoms with Gasteiger partial charge >= 0.3 is 0 Å². The maximum absolute atomic E-state index is 12.4. The molecule has 0 aliphatic rings. The first-order chi connectivity index (χ1) is 10.1. The number of para-hydroxylation sites is 1. The predicted molar refractivity (Wildman–Crippen MR) is 86.8 cm³/mol. The van der Waals surface area contributed by atoms with Crippen LogP contribution < -0.4 is 5.32 Å². The molecule has 1 amide bonds. The molecule has 106 valence electrons. The quantitative estimate of drug-likeness (QED) is 0.725. The summed E-state index contributed by atoms with van der Waals surface area (Å²) in [6, 6.07) is 15.8. The van der Waals surface area contributed by atoms with Crippen LogP contribution in [0.5, 0.6) is 0 Å². The number of hydrogen-bond donors (Lipinski definition) is 2. The van der Waals surface area contributed by atoms with Crippen LogP contribution in [0.3, 0.4) is 0 Å². The molecule has 3 heteroatoms. The molecule has 1 aromatic heterocycles. The van der Waals surface area contributed by atoms with Crippen LogP contribution in [0.15, 0.2) is 54.7 Å². The highest BCUT2D eigenvalue weighted by Gasteiger charge is 2.11. The molecule has 0 fully saturated rings. The maximum Gasteiger partial charge on any atom is 0.257 e. The standard InChI is InChI=1S/C18H18N2O/c1-12(2)13-7-9-14(10-8-13)20-18(21)16-11-19-17-6-4-3-5-15(16)17/h3-12,19H,1-2H3,(H,20,21). The monoisotopic (exact) mass is 278 g/mol. The second-order valence-corrected chi connectivity index (χ2v) is 5.48. The average molecular weight is 278 g/mol. The van der Waals surface area contributed by atoms with Crippen LogP contribution in [0.1, 0.15) is 35.7 Å². The summed E-state index contributed by atoms with van der Waals surface area (Å²) >= 11 is 0. The van der Waals surface area contributed by atoms with E-state index in [1.54, 1.807) is 6.20 Å². The van der Waals surface area contributed by atoms with E-state index in [1.165, 1.54) is 5.56 Å². The highest BCUT2D eigenvalue weighted by atomic mass is 16.1. The topological polar surface area (TPSA) is 44.9 Å². The van der Waals surface area contributed by atoms with Gasteiger partial charge in [-0.2, -0.15) is 0 Å². The van der Waals surface area contributed by atoms with Gasteiger partial charge in [-0.25, -0.2) is 0 Å². The molecule has 1 heterocycles. The Morgan fingerprint density at radius 2 is 1.76 bits per heavy atom. The molecule has 0 unspecified atom stereocenters. The van der Waals surface area contributed by atoms with Gasteiger partial charge in [-0.05, 0) is 29.7 Å². The van der Waals surface area contributed by atoms with E-state index in [0.29, 0.717) is 11.5 Å². The van der Waals surface area contributed by atoms with Crippen molar-refractivity contribution in [3.05, 3.63) is 65.9 Å². The summed E-state index contributed by atoms with van der Waals surface area (Å²) in [5.41, 5.74) is 3.71. The van der Waals surface area contributed by atoms with Crippen molar-refractivity contribution in [1.82, 2.24) is 4.98 Å². The van der Waals surface area contributed by atoms with E-state index in [9.17, 15) is 4.79 Å². The van der Waals surface area contributed by atoms with Crippen LogP contribution in [0, 0.1) is 0 Å². The molecule has 3 rings (SSSR count). The van der Waals surface area contributed by atoms with Crippen molar-refractivity contribution in [2.45, 2.75) is 19.8 Å². The zero-order valence-corrected chi connectivity index (χ0v) is 12.2. The highest BCUT2D eigenvalue weighted by molar-refractivity contribution is 6.12. The Kier molecular flexibility index (Phi) is 3.48. The van der Waals surface area contributed by atoms with Gasteiger partial charge in [-0.3, -0.25) is 4.79 Å². The van der Waals surface area contributed by atoms with Gasteiger partial charge in [0.25, 0.3) is 5.91 Å². The van der Waals surface area contributed by atoms with Crippen molar-refractivity contribution in [3.63, 3.8) is 0 Å². The molecule has 0 aliphatic heterocycles. The van der Waals surface area contributed by atoms with E-state index in [1.807, 2.05) is 36.4 Å². The van der Waals surface area contributed by atoms with E-state index in [-0.39, 0.29) is 5.91 Å². The normalized spacial score (nSPS) is 11.0. The lowest BCUT2D eigenvalue weighted by atomic mass is 10.0. The van der Waals surface area contributed by atoms with Gasteiger partial charge in [0.1, 0.15) is 0 Å². The van der Waals surface area contributed by atoms with E-state index in [2.05, 4.69) is 36.3 Å². The maximum atomic E-state index is 12.4. The lowest BCUT2D eigenvalue weighted by Crippen LogP contribution is -2.11. The van der Waals surface area contributed by atoms with Crippen LogP contribution in [0.25, 0.3) is 10.9 Å². The van der Waals surface area contributed by atoms with Crippen molar-refractivity contribution < 1.29 is 4.79 Å². The van der Waals surface area contributed by atoms with E-state index in [4.69, 9.17) is 0 Å². The third-order valence-electron chi connectivity index (χ3n) is 3.67. The van der Waals surface area contributed by atoms with Crippen LogP contribution >= 0.6 is 0 Å². The lowest BCUT2D eigenvalue weighted by molar-refractivity contribution is 0.102. The van der Waals surface area contributed by atoms with Crippen LogP contribution in [-0.2, 0) is 0 Å². The number of carbonyl (C=O) groups is 1. The van der Waals surface area contributed by atoms with Crippen LogP contribution in [-0.4, -0.2) is 10.9 Å². The first-order valence-electron chi connectivity index (χ1n) is 7.12. The molecule has 2 aromatic carbocycles. The summed E-state index contributed by atoms with van der Waals surface area (Å²) in [4.78, 5) is 15.5. The largest absolute Gasteiger partial charge is 0.360 e. The molecule has 0 saturated heterocycles. The van der Waals surface area contributed by atoms with Crippen LogP contribution in [0.2, 0.25) is 0 Å². The summed E-state index contributed by atoms with van der Waals surface area (Å²) in [5.74, 6) is 0.396. The Bertz CT molecular complexity index is 769. The molecule has 21 heavy (non-hydrogen) atoms. The molecular weight excluding hydrogens is 260 g/mol. The third-order valence-corrected chi connectivity index (χ3v) is 3.67. The number of benzene rings is 2. The fraction of sp³-hybridized carbons (Fsp3) is 0.167. The summed E-state index contributed by atoms with van der Waals surface area (Å²) < 4.78 is 0. The van der Waals surface area contributed by atoms with Gasteiger partial charge in [0.2, 0.25) is 0 Å². The number of H-pyrrole nitrogens is 1. The molecule has 2 N–H and O–H groups in total. The fourth-order valence-corrected chi connectivity index (χ4v) is 2.41. The Balaban J connectivity index is 1.83. The predicted octanol–water partition coefficient (Wildman–Crippen LogP) is 4.54. The van der Waals surface area contributed by atoms with Gasteiger partial charge in [0.15, 0.2) is 0 Å². The average Bonchev–Trinajstić information content (AvgIpc) is 2.92. The smallest absolute Gasteiger partial charge is 0.257 e. The van der Waals surface area contributed by atoms with Gasteiger partial charge in [-0.1, -0.05) is 44.2 Å². The van der Waals surface area contributed by atoms with E-state index >= 15 is 0 Å². The molecule has 0 bridgehead atoms. The SMILES string of the molecule is CC(C)c1ccc(NC(=O)c2c[nH]c3ccccc23)cc1. The minimum Gasteiger partial charge on any atom is -0.360 e. The van der Waals surface area contributed by atoms with E-state index < -0.39 is 0 Å². The first-order valence-corrected chi connectivity index (χ1v) is 7.12. The van der Waals surface area contributed by atoms with Crippen molar-refractivity contribution in [2.75, 3.05) is 5.32 Å². The number of aromatic amines is 1. The number of hydrogen-bond acceptors (Lipinski definition) is 1. The van der Waals surface area contributed by atoms with Crippen molar-refractivity contribution in [3.8, 4) is 0 Å². The molecule has 3 aromatic rings. The Labute approximate surface area is 124 Å². The number of aromatic nitrogens is 1. The Morgan fingerprint density at radius 3 is 2.48 bits per heavy atom. The number of anilines is 1. The summed E-state index contributed by atoms with van der Waals surface area (Å²) in [7, 11) is 0. The first kappa shape index (κ1) is 13.4. The second-order valence-electron chi connectivity index (χ2n) is 5.48. The number of nitrogens with one attached hydrogen (secondary N) is 2. The molecule has 0 saturated carbocycles. The molecule has 0 radical (unpaired) electrons. The molecule has 3 nitrogen and oxygen atoms in total. The van der Waals surface area contributed by atoms with Crippen molar-refractivity contribution in [2.24, 2.45) is 0 Å². The number of amides is 1. The third kappa shape index (κ3) is 2.68. The summed E-state index contributed by atoms with van der Waals surface area (Å²) in [6.45, 7) is 4.30. The molecule has 0 atom stereocenters. The lowest BCUT2D eigenvalue weighted by Gasteiger charge is -2.08. The van der Waals surface area contributed by atoms with Crippen molar-refractivity contribution in [1.29, 1.82) is 0 Å². The zero-order chi connectivity index (χ0) is 14.8. The highest BCUT2D eigenvalue weighted by Crippen LogP contribution is 2.21. The van der Waals surface area contributed by atoms with Gasteiger partial charge in [0, 0.05) is 22.8 Å². The van der Waals surface area contributed by atoms with Crippen LogP contribution in [0.4, 0.5) is 5.69 Å². The van der Waals surface area contributed by atoms with Gasteiger partial charge < -0.3 is 10.3 Å². The van der Waals surface area contributed by atoms with Crippen molar-refractivity contribution >= 4 is 22.5 Å². The fourth-order valence-electron chi connectivity index (χ4n) is 2.41. The molecular formula is C18H18N2O. The summed E-state index contributed by atoms with van der Waals surface area (Å²) in [5, 5.41) is 3.88. The van der Waals surface area contributed by atoms with Gasteiger partial charge in [-0.15, -0.1) is 0 Å². The number of rotatable bonds is 3. The minimum absolute atomic E-state index is 0.0928. The number of fused-ring (bicyclic) bond motifs is 1. The Hall–Kier alpha value is -2.55. The Morgan fingerprint density at radius 1 is 1.05 bits per heavy atom. The van der Waals surface area contributed by atoms with Gasteiger partial charge in [0.05, 0.1) is 5.56 Å². The summed E-state index contributed by atoms with van der Waals surface area (Å²) in [6.07, 6.45) is 1.75. The molecule has 0 aliphatic carbocycles. The zero-order valence-electron chi connectivity index (χ0n) is 12.2.